The number of rotatable bonds is 4. The van der Waals surface area contributed by atoms with E-state index >= 15 is 0 Å². The van der Waals surface area contributed by atoms with Crippen molar-refractivity contribution in [3.63, 3.8) is 0 Å². The molecule has 2 aromatic rings. The molecule has 2 aromatic carbocycles. The van der Waals surface area contributed by atoms with Crippen molar-refractivity contribution in [3.8, 4) is 5.75 Å². The predicted molar refractivity (Wildman–Crippen MR) is 87.6 cm³/mol. The molecule has 22 heavy (non-hydrogen) atoms. The van der Waals surface area contributed by atoms with Crippen molar-refractivity contribution in [2.45, 2.75) is 23.1 Å². The van der Waals surface area contributed by atoms with E-state index in [2.05, 4.69) is 4.90 Å². The summed E-state index contributed by atoms with van der Waals surface area (Å²) in [4.78, 5) is 15.3. The number of nitrogens with zero attached hydrogens (tertiary/aromatic N) is 1. The highest BCUT2D eigenvalue weighted by atomic mass is 32.2. The number of aliphatic carboxylic acids is 1. The van der Waals surface area contributed by atoms with Crippen LogP contribution in [-0.2, 0) is 11.2 Å². The van der Waals surface area contributed by atoms with Gasteiger partial charge in [0.2, 0.25) is 0 Å². The smallest absolute Gasteiger partial charge is 0.307 e. The molecule has 0 radical (unpaired) electrons. The summed E-state index contributed by atoms with van der Waals surface area (Å²) in [6.45, 7) is 2.62. The van der Waals surface area contributed by atoms with Gasteiger partial charge < -0.3 is 14.7 Å². The zero-order valence-electron chi connectivity index (χ0n) is 12.5. The molecule has 1 aliphatic rings. The molecule has 0 saturated heterocycles. The maximum atomic E-state index is 10.9. The Kier molecular flexibility index (Phi) is 3.98. The molecule has 114 valence electrons. The van der Waals surface area contributed by atoms with E-state index in [9.17, 15) is 4.79 Å². The highest BCUT2D eigenvalue weighted by Crippen LogP contribution is 2.48. The Bertz CT molecular complexity index is 730. The van der Waals surface area contributed by atoms with Crippen LogP contribution in [0.25, 0.3) is 0 Å². The van der Waals surface area contributed by atoms with Gasteiger partial charge in [0.25, 0.3) is 0 Å². The van der Waals surface area contributed by atoms with Crippen LogP contribution in [0, 0.1) is 0 Å². The lowest BCUT2D eigenvalue weighted by atomic mass is 10.1. The van der Waals surface area contributed by atoms with Crippen molar-refractivity contribution >= 4 is 29.1 Å². The maximum Gasteiger partial charge on any atom is 0.307 e. The van der Waals surface area contributed by atoms with E-state index < -0.39 is 5.97 Å². The Balaban J connectivity index is 1.97. The minimum absolute atomic E-state index is 0.0436. The van der Waals surface area contributed by atoms with Crippen molar-refractivity contribution < 1.29 is 14.6 Å². The summed E-state index contributed by atoms with van der Waals surface area (Å²) in [7, 11) is 2.00. The number of carboxylic acid groups (broad SMARTS) is 1. The highest BCUT2D eigenvalue weighted by Gasteiger charge is 2.21. The van der Waals surface area contributed by atoms with Crippen molar-refractivity contribution in [1.82, 2.24) is 0 Å². The van der Waals surface area contributed by atoms with Crippen LogP contribution in [0.15, 0.2) is 46.2 Å². The summed E-state index contributed by atoms with van der Waals surface area (Å²) in [5.74, 6) is 0.0564. The average Bonchev–Trinajstić information content (AvgIpc) is 2.48. The van der Waals surface area contributed by atoms with Gasteiger partial charge in [0.1, 0.15) is 5.75 Å². The van der Waals surface area contributed by atoms with Gasteiger partial charge in [-0.2, -0.15) is 0 Å². The van der Waals surface area contributed by atoms with Crippen LogP contribution in [0.3, 0.4) is 0 Å². The standard InChI is InChI=1S/C17H17NO3S/c1-3-21-12-5-6-13-16(10-12)22-15-7-4-11(9-17(19)20)8-14(15)18(13)2/h4-8,10H,3,9H2,1-2H3,(H,19,20). The molecule has 5 heteroatoms. The van der Waals surface area contributed by atoms with Crippen LogP contribution in [0.5, 0.6) is 5.75 Å². The highest BCUT2D eigenvalue weighted by molar-refractivity contribution is 7.99. The van der Waals surface area contributed by atoms with Crippen molar-refractivity contribution in [2.24, 2.45) is 0 Å². The second-order valence-corrected chi connectivity index (χ2v) is 6.18. The molecule has 0 unspecified atom stereocenters. The molecule has 0 fully saturated rings. The molecule has 0 spiro atoms. The van der Waals surface area contributed by atoms with Gasteiger partial charge in [0, 0.05) is 16.8 Å². The third-order valence-corrected chi connectivity index (χ3v) is 4.68. The summed E-state index contributed by atoms with van der Waals surface area (Å²) in [5.41, 5.74) is 2.96. The first kappa shape index (κ1) is 14.8. The summed E-state index contributed by atoms with van der Waals surface area (Å²) < 4.78 is 5.56. The van der Waals surface area contributed by atoms with Gasteiger partial charge >= 0.3 is 5.97 Å². The maximum absolute atomic E-state index is 10.9. The summed E-state index contributed by atoms with van der Waals surface area (Å²) >= 11 is 1.68. The van der Waals surface area contributed by atoms with E-state index in [1.165, 1.54) is 0 Å². The molecule has 0 aromatic heterocycles. The van der Waals surface area contributed by atoms with E-state index in [0.717, 1.165) is 32.5 Å². The average molecular weight is 315 g/mol. The van der Waals surface area contributed by atoms with Gasteiger partial charge in [0.15, 0.2) is 0 Å². The van der Waals surface area contributed by atoms with E-state index in [1.54, 1.807) is 11.8 Å². The molecular formula is C17H17NO3S. The third-order valence-electron chi connectivity index (χ3n) is 3.56. The van der Waals surface area contributed by atoms with E-state index in [1.807, 2.05) is 50.4 Å². The number of benzene rings is 2. The van der Waals surface area contributed by atoms with E-state index in [4.69, 9.17) is 9.84 Å². The van der Waals surface area contributed by atoms with E-state index in [0.29, 0.717) is 6.61 Å². The molecule has 3 rings (SSSR count). The number of hydrogen-bond donors (Lipinski definition) is 1. The normalized spacial score (nSPS) is 12.5. The second kappa shape index (κ2) is 5.93. The Morgan fingerprint density at radius 2 is 2.00 bits per heavy atom. The van der Waals surface area contributed by atoms with Crippen LogP contribution in [0.1, 0.15) is 12.5 Å². The minimum Gasteiger partial charge on any atom is -0.494 e. The SMILES string of the molecule is CCOc1ccc2c(c1)Sc1ccc(CC(=O)O)cc1N2C. The largest absolute Gasteiger partial charge is 0.494 e. The molecule has 1 aliphatic heterocycles. The van der Waals surface area contributed by atoms with Crippen molar-refractivity contribution in [2.75, 3.05) is 18.6 Å². The number of fused-ring (bicyclic) bond motifs is 2. The van der Waals surface area contributed by atoms with Gasteiger partial charge in [0.05, 0.1) is 24.4 Å². The van der Waals surface area contributed by atoms with Gasteiger partial charge in [-0.3, -0.25) is 4.79 Å². The summed E-state index contributed by atoms with van der Waals surface area (Å²) in [5, 5.41) is 8.94. The Labute approximate surface area is 133 Å². The Morgan fingerprint density at radius 3 is 2.73 bits per heavy atom. The number of anilines is 2. The molecule has 0 atom stereocenters. The first-order valence-electron chi connectivity index (χ1n) is 7.11. The van der Waals surface area contributed by atoms with Crippen LogP contribution < -0.4 is 9.64 Å². The molecule has 0 saturated carbocycles. The first-order chi connectivity index (χ1) is 10.6. The second-order valence-electron chi connectivity index (χ2n) is 5.10. The van der Waals surface area contributed by atoms with Gasteiger partial charge in [-0.25, -0.2) is 0 Å². The van der Waals surface area contributed by atoms with Gasteiger partial charge in [-0.1, -0.05) is 17.8 Å². The van der Waals surface area contributed by atoms with Crippen molar-refractivity contribution in [1.29, 1.82) is 0 Å². The van der Waals surface area contributed by atoms with Crippen LogP contribution >= 0.6 is 11.8 Å². The van der Waals surface area contributed by atoms with Gasteiger partial charge in [-0.05, 0) is 42.8 Å². The molecule has 0 amide bonds. The molecule has 1 N–H and O–H groups in total. The predicted octanol–water partition coefficient (Wildman–Crippen LogP) is 3.94. The number of carboxylic acids is 1. The molecule has 0 aliphatic carbocycles. The third kappa shape index (κ3) is 2.76. The van der Waals surface area contributed by atoms with Crippen LogP contribution in [0.2, 0.25) is 0 Å². The lowest BCUT2D eigenvalue weighted by Crippen LogP contribution is -2.15. The Hall–Kier alpha value is -2.14. The molecular weight excluding hydrogens is 298 g/mol. The van der Waals surface area contributed by atoms with E-state index in [-0.39, 0.29) is 6.42 Å². The quantitative estimate of drug-likeness (QED) is 0.926. The summed E-state index contributed by atoms with van der Waals surface area (Å²) in [6.07, 6.45) is 0.0436. The topological polar surface area (TPSA) is 49.8 Å². The molecule has 1 heterocycles. The van der Waals surface area contributed by atoms with Crippen LogP contribution in [0.4, 0.5) is 11.4 Å². The number of ether oxygens (including phenoxy) is 1. The van der Waals surface area contributed by atoms with Crippen molar-refractivity contribution in [3.05, 3.63) is 42.0 Å². The first-order valence-corrected chi connectivity index (χ1v) is 7.93. The van der Waals surface area contributed by atoms with Crippen LogP contribution in [-0.4, -0.2) is 24.7 Å². The zero-order chi connectivity index (χ0) is 15.7. The fourth-order valence-corrected chi connectivity index (χ4v) is 3.71. The Morgan fingerprint density at radius 1 is 1.18 bits per heavy atom. The van der Waals surface area contributed by atoms with Gasteiger partial charge in [-0.15, -0.1) is 0 Å². The number of hydrogen-bond acceptors (Lipinski definition) is 4. The lowest BCUT2D eigenvalue weighted by molar-refractivity contribution is -0.136. The monoisotopic (exact) mass is 315 g/mol. The lowest BCUT2D eigenvalue weighted by Gasteiger charge is -2.30. The molecule has 0 bridgehead atoms. The zero-order valence-corrected chi connectivity index (χ0v) is 13.3. The minimum atomic E-state index is -0.812. The fraction of sp³-hybridized carbons (Fsp3) is 0.235. The molecule has 4 nitrogen and oxygen atoms in total. The number of carbonyl (C=O) groups is 1. The summed E-state index contributed by atoms with van der Waals surface area (Å²) in [6, 6.07) is 11.9. The fourth-order valence-electron chi connectivity index (χ4n) is 2.55.